The van der Waals surface area contributed by atoms with E-state index in [-0.39, 0.29) is 0 Å². The van der Waals surface area contributed by atoms with Gasteiger partial charge >= 0.3 is 0 Å². The number of hydrogen-bond acceptors (Lipinski definition) is 2. The lowest BCUT2D eigenvalue weighted by atomic mass is 10.1. The molecule has 0 bridgehead atoms. The summed E-state index contributed by atoms with van der Waals surface area (Å²) in [7, 11) is 0. The Balaban J connectivity index is 3.34. The third-order valence-electron chi connectivity index (χ3n) is 1.45. The van der Waals surface area contributed by atoms with Crippen LogP contribution >= 0.6 is 0 Å². The highest BCUT2D eigenvalue weighted by Crippen LogP contribution is 1.99. The highest BCUT2D eigenvalue weighted by Gasteiger charge is 1.90. The summed E-state index contributed by atoms with van der Waals surface area (Å²) in [6, 6.07) is 0. The number of hydrazone groups is 1. The fraction of sp³-hybridized carbons (Fsp3) is 0.750. The van der Waals surface area contributed by atoms with E-state index in [0.29, 0.717) is 6.41 Å². The van der Waals surface area contributed by atoms with Crippen LogP contribution in [0, 0.1) is 0 Å². The highest BCUT2D eigenvalue weighted by molar-refractivity contribution is 5.82. The van der Waals surface area contributed by atoms with Gasteiger partial charge in [0.05, 0.1) is 0 Å². The van der Waals surface area contributed by atoms with Crippen molar-refractivity contribution in [1.82, 2.24) is 5.43 Å². The number of nitrogens with one attached hydrogen (secondary N) is 1. The lowest BCUT2D eigenvalue weighted by molar-refractivity contribution is -0.109. The van der Waals surface area contributed by atoms with Crippen molar-refractivity contribution in [3.8, 4) is 0 Å². The van der Waals surface area contributed by atoms with Gasteiger partial charge in [0, 0.05) is 5.71 Å². The first-order chi connectivity index (χ1) is 5.31. The van der Waals surface area contributed by atoms with Gasteiger partial charge in [0.1, 0.15) is 0 Å². The molecule has 3 nitrogen and oxygen atoms in total. The quantitative estimate of drug-likeness (QED) is 0.270. The van der Waals surface area contributed by atoms with Crippen LogP contribution in [-0.4, -0.2) is 12.1 Å². The molecule has 0 aromatic heterocycles. The van der Waals surface area contributed by atoms with Crippen LogP contribution in [0.2, 0.25) is 0 Å². The third kappa shape index (κ3) is 7.03. The molecule has 0 aromatic carbocycles. The topological polar surface area (TPSA) is 41.5 Å². The third-order valence-corrected chi connectivity index (χ3v) is 1.45. The van der Waals surface area contributed by atoms with E-state index in [0.717, 1.165) is 18.6 Å². The van der Waals surface area contributed by atoms with E-state index in [4.69, 9.17) is 0 Å². The van der Waals surface area contributed by atoms with Crippen LogP contribution in [-0.2, 0) is 4.79 Å². The molecule has 1 N–H and O–H groups in total. The average Bonchev–Trinajstić information content (AvgIpc) is 2.01. The Kier molecular flexibility index (Phi) is 6.68. The van der Waals surface area contributed by atoms with E-state index in [1.807, 2.05) is 6.92 Å². The molecule has 0 aliphatic carbocycles. The lowest BCUT2D eigenvalue weighted by Gasteiger charge is -1.97. The molecule has 0 saturated carbocycles. The maximum atomic E-state index is 9.82. The van der Waals surface area contributed by atoms with Gasteiger partial charge < -0.3 is 0 Å². The molecule has 0 radical (unpaired) electrons. The van der Waals surface area contributed by atoms with Gasteiger partial charge in [0.2, 0.25) is 6.41 Å². The Morgan fingerprint density at radius 1 is 1.55 bits per heavy atom. The van der Waals surface area contributed by atoms with Crippen LogP contribution in [0.25, 0.3) is 0 Å². The Bertz CT molecular complexity index is 132. The molecule has 0 aliphatic rings. The molecule has 0 heterocycles. The molecule has 0 spiro atoms. The van der Waals surface area contributed by atoms with Gasteiger partial charge in [-0.15, -0.1) is 0 Å². The predicted molar refractivity (Wildman–Crippen MR) is 46.5 cm³/mol. The molecule has 11 heavy (non-hydrogen) atoms. The molecular weight excluding hydrogens is 140 g/mol. The molecule has 3 heteroatoms. The summed E-state index contributed by atoms with van der Waals surface area (Å²) >= 11 is 0. The zero-order chi connectivity index (χ0) is 8.53. The standard InChI is InChI=1S/C8H16N2O/c1-3-4-5-6-8(2)10-9-7-11/h7H,3-6H2,1-2H3,(H,9,11)/b10-8+. The van der Waals surface area contributed by atoms with Gasteiger partial charge in [0.15, 0.2) is 0 Å². The average molecular weight is 156 g/mol. The summed E-state index contributed by atoms with van der Waals surface area (Å²) in [5.74, 6) is 0. The van der Waals surface area contributed by atoms with Gasteiger partial charge in [-0.1, -0.05) is 19.8 Å². The number of rotatable bonds is 6. The first-order valence-corrected chi connectivity index (χ1v) is 4.03. The second kappa shape index (κ2) is 7.25. The van der Waals surface area contributed by atoms with E-state index in [1.54, 1.807) is 0 Å². The maximum absolute atomic E-state index is 9.82. The van der Waals surface area contributed by atoms with Crippen molar-refractivity contribution in [3.05, 3.63) is 0 Å². The van der Waals surface area contributed by atoms with Crippen molar-refractivity contribution in [2.45, 2.75) is 39.5 Å². The van der Waals surface area contributed by atoms with E-state index < -0.39 is 0 Å². The van der Waals surface area contributed by atoms with Gasteiger partial charge in [0.25, 0.3) is 0 Å². The second-order valence-electron chi connectivity index (χ2n) is 2.55. The Labute approximate surface area is 67.9 Å². The predicted octanol–water partition coefficient (Wildman–Crippen LogP) is 1.69. The first kappa shape index (κ1) is 10.1. The Morgan fingerprint density at radius 3 is 2.82 bits per heavy atom. The molecule has 0 unspecified atom stereocenters. The monoisotopic (exact) mass is 156 g/mol. The van der Waals surface area contributed by atoms with E-state index >= 15 is 0 Å². The SMILES string of the molecule is CCCCC/C(C)=N/NC=O. The van der Waals surface area contributed by atoms with Crippen LogP contribution in [0.3, 0.4) is 0 Å². The zero-order valence-corrected chi connectivity index (χ0v) is 7.26. The van der Waals surface area contributed by atoms with Crippen molar-refractivity contribution in [1.29, 1.82) is 0 Å². The summed E-state index contributed by atoms with van der Waals surface area (Å²) in [5, 5.41) is 3.81. The first-order valence-electron chi connectivity index (χ1n) is 4.03. The van der Waals surface area contributed by atoms with Gasteiger partial charge in [-0.2, -0.15) is 5.10 Å². The summed E-state index contributed by atoms with van der Waals surface area (Å²) in [6.07, 6.45) is 5.17. The van der Waals surface area contributed by atoms with Crippen molar-refractivity contribution in [2.75, 3.05) is 0 Å². The normalized spacial score (nSPS) is 11.3. The molecule has 0 saturated heterocycles. The fourth-order valence-electron chi connectivity index (χ4n) is 0.823. The molecule has 0 fully saturated rings. The van der Waals surface area contributed by atoms with Crippen molar-refractivity contribution in [2.24, 2.45) is 5.10 Å². The lowest BCUT2D eigenvalue weighted by Crippen LogP contribution is -2.05. The summed E-state index contributed by atoms with van der Waals surface area (Å²) in [5.41, 5.74) is 3.27. The summed E-state index contributed by atoms with van der Waals surface area (Å²) in [4.78, 5) is 9.82. The fourth-order valence-corrected chi connectivity index (χ4v) is 0.823. The molecule has 0 aliphatic heterocycles. The molecular formula is C8H16N2O. The molecule has 0 atom stereocenters. The van der Waals surface area contributed by atoms with Crippen LogP contribution in [0.1, 0.15) is 39.5 Å². The second-order valence-corrected chi connectivity index (χ2v) is 2.55. The van der Waals surface area contributed by atoms with E-state index in [9.17, 15) is 4.79 Å². The number of carbonyl (C=O) groups is 1. The number of nitrogens with zero attached hydrogens (tertiary/aromatic N) is 1. The highest BCUT2D eigenvalue weighted by atomic mass is 16.1. The van der Waals surface area contributed by atoms with Crippen LogP contribution < -0.4 is 5.43 Å². The molecule has 0 rings (SSSR count). The molecule has 64 valence electrons. The minimum absolute atomic E-state index is 0.587. The number of unbranched alkanes of at least 4 members (excludes halogenated alkanes) is 2. The van der Waals surface area contributed by atoms with E-state index in [2.05, 4.69) is 17.5 Å². The minimum Gasteiger partial charge on any atom is -0.277 e. The van der Waals surface area contributed by atoms with Crippen molar-refractivity contribution in [3.63, 3.8) is 0 Å². The van der Waals surface area contributed by atoms with Crippen molar-refractivity contribution < 1.29 is 4.79 Å². The number of carbonyl (C=O) groups excluding carboxylic acids is 1. The molecule has 1 amide bonds. The van der Waals surface area contributed by atoms with Gasteiger partial charge in [-0.25, -0.2) is 5.43 Å². The Hall–Kier alpha value is -0.860. The van der Waals surface area contributed by atoms with Gasteiger partial charge in [-0.05, 0) is 19.8 Å². The number of hydrogen-bond donors (Lipinski definition) is 1. The molecule has 0 aromatic rings. The van der Waals surface area contributed by atoms with Gasteiger partial charge in [-0.3, -0.25) is 4.79 Å². The largest absolute Gasteiger partial charge is 0.277 e. The maximum Gasteiger partial charge on any atom is 0.227 e. The zero-order valence-electron chi connectivity index (χ0n) is 7.26. The Morgan fingerprint density at radius 2 is 2.27 bits per heavy atom. The minimum atomic E-state index is 0.587. The number of amides is 1. The van der Waals surface area contributed by atoms with Crippen LogP contribution in [0.5, 0.6) is 0 Å². The van der Waals surface area contributed by atoms with Crippen LogP contribution in [0.15, 0.2) is 5.10 Å². The van der Waals surface area contributed by atoms with Crippen LogP contribution in [0.4, 0.5) is 0 Å². The van der Waals surface area contributed by atoms with E-state index in [1.165, 1.54) is 12.8 Å². The smallest absolute Gasteiger partial charge is 0.227 e. The van der Waals surface area contributed by atoms with Crippen molar-refractivity contribution >= 4 is 12.1 Å². The summed E-state index contributed by atoms with van der Waals surface area (Å²) in [6.45, 7) is 4.09. The summed E-state index contributed by atoms with van der Waals surface area (Å²) < 4.78 is 0.